The van der Waals surface area contributed by atoms with E-state index in [4.69, 9.17) is 22.1 Å². The van der Waals surface area contributed by atoms with Crippen molar-refractivity contribution in [2.45, 2.75) is 0 Å². The molecule has 0 saturated carbocycles. The molecule has 0 amide bonds. The minimum Gasteiger partial charge on any atom is -0.467 e. The normalized spacial score (nSPS) is 10.2. The summed E-state index contributed by atoms with van der Waals surface area (Å²) in [6.45, 7) is 0. The van der Waals surface area contributed by atoms with Gasteiger partial charge in [0.2, 0.25) is 11.9 Å². The van der Waals surface area contributed by atoms with Gasteiger partial charge in [0, 0.05) is 10.7 Å². The van der Waals surface area contributed by atoms with Crippen LogP contribution in [0.3, 0.4) is 0 Å². The fourth-order valence-electron chi connectivity index (χ4n) is 1.27. The Morgan fingerprint density at radius 3 is 2.72 bits per heavy atom. The van der Waals surface area contributed by atoms with Crippen LogP contribution in [-0.2, 0) is 0 Å². The molecule has 1 aromatic heterocycles. The van der Waals surface area contributed by atoms with Crippen LogP contribution < -0.4 is 15.8 Å². The maximum absolute atomic E-state index is 13.1. The van der Waals surface area contributed by atoms with Gasteiger partial charge in [0.25, 0.3) is 0 Å². The molecule has 0 unspecified atom stereocenters. The molecule has 0 radical (unpaired) electrons. The van der Waals surface area contributed by atoms with Gasteiger partial charge in [-0.2, -0.15) is 15.0 Å². The predicted molar refractivity (Wildman–Crippen MR) is 65.5 cm³/mol. The topological polar surface area (TPSA) is 86.0 Å². The Morgan fingerprint density at radius 2 is 2.06 bits per heavy atom. The molecule has 8 heteroatoms. The Bertz CT molecular complexity index is 560. The van der Waals surface area contributed by atoms with Gasteiger partial charge in [0.05, 0.1) is 7.11 Å². The summed E-state index contributed by atoms with van der Waals surface area (Å²) >= 11 is 5.72. The average molecular weight is 270 g/mol. The Balaban J connectivity index is 2.30. The van der Waals surface area contributed by atoms with E-state index >= 15 is 0 Å². The van der Waals surface area contributed by atoms with Crippen molar-refractivity contribution in [1.29, 1.82) is 0 Å². The number of methoxy groups -OCH3 is 1. The maximum atomic E-state index is 13.1. The number of ether oxygens (including phenoxy) is 1. The van der Waals surface area contributed by atoms with Crippen molar-refractivity contribution in [1.82, 2.24) is 15.0 Å². The van der Waals surface area contributed by atoms with E-state index in [-0.39, 0.29) is 22.9 Å². The number of anilines is 3. The van der Waals surface area contributed by atoms with Gasteiger partial charge in [-0.25, -0.2) is 4.39 Å². The van der Waals surface area contributed by atoms with Crippen molar-refractivity contribution in [3.05, 3.63) is 29.0 Å². The first-order chi connectivity index (χ1) is 8.56. The van der Waals surface area contributed by atoms with E-state index in [2.05, 4.69) is 20.3 Å². The van der Waals surface area contributed by atoms with Crippen LogP contribution in [0.5, 0.6) is 6.01 Å². The highest BCUT2D eigenvalue weighted by Gasteiger charge is 2.06. The molecular weight excluding hydrogens is 261 g/mol. The monoisotopic (exact) mass is 269 g/mol. The average Bonchev–Trinajstić information content (AvgIpc) is 2.26. The van der Waals surface area contributed by atoms with Gasteiger partial charge in [-0.3, -0.25) is 0 Å². The highest BCUT2D eigenvalue weighted by atomic mass is 35.5. The number of rotatable bonds is 3. The fourth-order valence-corrected chi connectivity index (χ4v) is 1.50. The minimum absolute atomic E-state index is 0.00755. The fraction of sp³-hybridized carbons (Fsp3) is 0.100. The predicted octanol–water partition coefficient (Wildman–Crippen LogP) is 2.00. The number of nitrogen functional groups attached to an aromatic ring is 1. The van der Waals surface area contributed by atoms with E-state index < -0.39 is 5.82 Å². The van der Waals surface area contributed by atoms with E-state index in [0.29, 0.717) is 5.69 Å². The summed E-state index contributed by atoms with van der Waals surface area (Å²) in [5.74, 6) is -0.341. The summed E-state index contributed by atoms with van der Waals surface area (Å²) < 4.78 is 18.0. The van der Waals surface area contributed by atoms with Crippen molar-refractivity contribution >= 4 is 29.2 Å². The lowest BCUT2D eigenvalue weighted by atomic mass is 10.3. The molecular formula is C10H9ClFN5O. The third kappa shape index (κ3) is 2.95. The molecule has 0 saturated heterocycles. The number of hydrogen-bond donors (Lipinski definition) is 2. The number of hydrogen-bond acceptors (Lipinski definition) is 6. The van der Waals surface area contributed by atoms with Crippen molar-refractivity contribution < 1.29 is 9.13 Å². The molecule has 2 rings (SSSR count). The number of aromatic nitrogens is 3. The highest BCUT2D eigenvalue weighted by Crippen LogP contribution is 2.21. The molecule has 6 nitrogen and oxygen atoms in total. The van der Waals surface area contributed by atoms with Crippen molar-refractivity contribution in [3.8, 4) is 6.01 Å². The van der Waals surface area contributed by atoms with Gasteiger partial charge in [-0.15, -0.1) is 0 Å². The molecule has 0 bridgehead atoms. The standard InChI is InChI=1S/C10H9ClFN5O/c1-18-10-16-8(13)15-9(17-10)14-7-3-5(11)2-6(12)4-7/h2-4H,1H3,(H3,13,14,15,16,17). The quantitative estimate of drug-likeness (QED) is 0.886. The molecule has 0 atom stereocenters. The Hall–Kier alpha value is -2.15. The van der Waals surface area contributed by atoms with Crippen LogP contribution in [0.15, 0.2) is 18.2 Å². The van der Waals surface area contributed by atoms with Crippen LogP contribution in [-0.4, -0.2) is 22.1 Å². The second-order valence-electron chi connectivity index (χ2n) is 3.29. The third-order valence-electron chi connectivity index (χ3n) is 1.93. The zero-order chi connectivity index (χ0) is 13.1. The summed E-state index contributed by atoms with van der Waals surface area (Å²) in [5.41, 5.74) is 5.86. The molecule has 2 aromatic rings. The van der Waals surface area contributed by atoms with Crippen LogP contribution in [0, 0.1) is 5.82 Å². The first kappa shape index (κ1) is 12.3. The molecule has 0 aliphatic rings. The van der Waals surface area contributed by atoms with E-state index in [9.17, 15) is 4.39 Å². The zero-order valence-electron chi connectivity index (χ0n) is 9.32. The smallest absolute Gasteiger partial charge is 0.322 e. The number of halogens is 2. The SMILES string of the molecule is COc1nc(N)nc(Nc2cc(F)cc(Cl)c2)n1. The van der Waals surface area contributed by atoms with Gasteiger partial charge in [-0.1, -0.05) is 11.6 Å². The number of benzene rings is 1. The maximum Gasteiger partial charge on any atom is 0.322 e. The molecule has 0 spiro atoms. The first-order valence-electron chi connectivity index (χ1n) is 4.85. The second-order valence-corrected chi connectivity index (χ2v) is 3.72. The van der Waals surface area contributed by atoms with Crippen LogP contribution in [0.4, 0.5) is 22.0 Å². The lowest BCUT2D eigenvalue weighted by molar-refractivity contribution is 0.380. The molecule has 0 fully saturated rings. The summed E-state index contributed by atoms with van der Waals surface area (Å²) in [6, 6.07) is 4.03. The highest BCUT2D eigenvalue weighted by molar-refractivity contribution is 6.30. The first-order valence-corrected chi connectivity index (χ1v) is 5.23. The molecule has 1 aromatic carbocycles. The molecule has 94 valence electrons. The second kappa shape index (κ2) is 5.01. The van der Waals surface area contributed by atoms with Crippen molar-refractivity contribution in [2.75, 3.05) is 18.2 Å². The zero-order valence-corrected chi connectivity index (χ0v) is 10.1. The summed E-state index contributed by atoms with van der Waals surface area (Å²) in [6.07, 6.45) is 0. The Labute approximate surface area is 107 Å². The summed E-state index contributed by atoms with van der Waals surface area (Å²) in [7, 11) is 1.40. The minimum atomic E-state index is -0.473. The molecule has 0 aliphatic heterocycles. The Morgan fingerprint density at radius 1 is 1.28 bits per heavy atom. The van der Waals surface area contributed by atoms with Gasteiger partial charge in [0.15, 0.2) is 0 Å². The number of nitrogens with two attached hydrogens (primary N) is 1. The summed E-state index contributed by atoms with van der Waals surface area (Å²) in [5, 5.41) is 3.01. The van der Waals surface area contributed by atoms with Crippen LogP contribution in [0.25, 0.3) is 0 Å². The van der Waals surface area contributed by atoms with Gasteiger partial charge in [-0.05, 0) is 18.2 Å². The Kier molecular flexibility index (Phi) is 3.42. The van der Waals surface area contributed by atoms with E-state index in [1.807, 2.05) is 0 Å². The van der Waals surface area contributed by atoms with Crippen LogP contribution >= 0.6 is 11.6 Å². The van der Waals surface area contributed by atoms with Crippen LogP contribution in [0.2, 0.25) is 5.02 Å². The molecule has 1 heterocycles. The third-order valence-corrected chi connectivity index (χ3v) is 2.15. The number of nitrogens with zero attached hydrogens (tertiary/aromatic N) is 3. The lowest BCUT2D eigenvalue weighted by Gasteiger charge is -2.07. The van der Waals surface area contributed by atoms with Gasteiger partial charge < -0.3 is 15.8 Å². The van der Waals surface area contributed by atoms with E-state index in [1.165, 1.54) is 25.3 Å². The van der Waals surface area contributed by atoms with Crippen molar-refractivity contribution in [3.63, 3.8) is 0 Å². The van der Waals surface area contributed by atoms with E-state index in [1.54, 1.807) is 0 Å². The molecule has 3 N–H and O–H groups in total. The summed E-state index contributed by atoms with van der Waals surface area (Å²) in [4.78, 5) is 11.5. The van der Waals surface area contributed by atoms with Crippen LogP contribution in [0.1, 0.15) is 0 Å². The van der Waals surface area contributed by atoms with E-state index in [0.717, 1.165) is 0 Å². The van der Waals surface area contributed by atoms with Gasteiger partial charge >= 0.3 is 6.01 Å². The van der Waals surface area contributed by atoms with Crippen molar-refractivity contribution in [2.24, 2.45) is 0 Å². The molecule has 0 aliphatic carbocycles. The van der Waals surface area contributed by atoms with Gasteiger partial charge in [0.1, 0.15) is 5.82 Å². The number of nitrogens with one attached hydrogen (secondary N) is 1. The molecule has 18 heavy (non-hydrogen) atoms. The largest absolute Gasteiger partial charge is 0.467 e. The lowest BCUT2D eigenvalue weighted by Crippen LogP contribution is -2.05.